The normalized spacial score (nSPS) is 9.86. The lowest BCUT2D eigenvalue weighted by molar-refractivity contribution is -0.140. The molecule has 14 heavy (non-hydrogen) atoms. The molecule has 4 heteroatoms. The minimum Gasteiger partial charge on any atom is -0.465 e. The van der Waals surface area contributed by atoms with Gasteiger partial charge in [0.15, 0.2) is 5.78 Å². The van der Waals surface area contributed by atoms with Crippen molar-refractivity contribution in [3.8, 4) is 0 Å². The van der Waals surface area contributed by atoms with Crippen molar-refractivity contribution in [1.29, 1.82) is 0 Å². The van der Waals surface area contributed by atoms with Gasteiger partial charge in [0, 0.05) is 18.2 Å². The van der Waals surface area contributed by atoms with E-state index in [9.17, 15) is 9.59 Å². The lowest BCUT2D eigenvalue weighted by Crippen LogP contribution is -2.02. The highest BCUT2D eigenvalue weighted by Crippen LogP contribution is 2.17. The predicted molar refractivity (Wildman–Crippen MR) is 54.7 cm³/mol. The van der Waals surface area contributed by atoms with Crippen molar-refractivity contribution in [3.63, 3.8) is 0 Å². The number of Topliss-reactive ketones (excluding diaryl/α,β-unsaturated/α-hetero) is 1. The fraction of sp³-hybridized carbons (Fsp3) is 0.400. The van der Waals surface area contributed by atoms with Crippen LogP contribution in [0.2, 0.25) is 0 Å². The van der Waals surface area contributed by atoms with Crippen LogP contribution in [0, 0.1) is 0 Å². The lowest BCUT2D eigenvalue weighted by Gasteiger charge is -1.98. The molecule has 0 saturated carbocycles. The topological polar surface area (TPSA) is 43.4 Å². The van der Waals surface area contributed by atoms with Crippen LogP contribution in [0.3, 0.4) is 0 Å². The Bertz CT molecular complexity index is 341. The van der Waals surface area contributed by atoms with Crippen LogP contribution >= 0.6 is 11.3 Å². The average Bonchev–Trinajstić information content (AvgIpc) is 2.52. The average molecular weight is 212 g/mol. The molecule has 0 aromatic carbocycles. The molecular formula is C10H12O3S. The highest BCUT2D eigenvalue weighted by atomic mass is 32.1. The molecule has 76 valence electrons. The molecule has 0 atom stereocenters. The predicted octanol–water partition coefficient (Wildman–Crippen LogP) is 2.06. The monoisotopic (exact) mass is 212 g/mol. The van der Waals surface area contributed by atoms with Gasteiger partial charge in [-0.1, -0.05) is 0 Å². The number of carbonyl (C=O) groups excluding carboxylic acids is 2. The van der Waals surface area contributed by atoms with Crippen molar-refractivity contribution in [2.75, 3.05) is 6.61 Å². The Kier molecular flexibility index (Phi) is 3.83. The summed E-state index contributed by atoms with van der Waals surface area (Å²) in [5.74, 6) is -0.193. The van der Waals surface area contributed by atoms with Crippen molar-refractivity contribution in [1.82, 2.24) is 0 Å². The molecule has 0 aliphatic rings. The number of carbonyl (C=O) groups is 2. The minimum atomic E-state index is -0.270. The molecule has 0 aliphatic carbocycles. The Labute approximate surface area is 86.7 Å². The third kappa shape index (κ3) is 3.30. The number of ketones is 1. The maximum Gasteiger partial charge on any atom is 0.302 e. The van der Waals surface area contributed by atoms with E-state index in [4.69, 9.17) is 4.74 Å². The van der Waals surface area contributed by atoms with Gasteiger partial charge in [-0.15, -0.1) is 11.3 Å². The maximum absolute atomic E-state index is 11.0. The number of rotatable bonds is 4. The van der Waals surface area contributed by atoms with Gasteiger partial charge in [0.1, 0.15) is 0 Å². The zero-order chi connectivity index (χ0) is 10.6. The second kappa shape index (κ2) is 4.91. The Morgan fingerprint density at radius 3 is 2.57 bits per heavy atom. The van der Waals surface area contributed by atoms with Crippen molar-refractivity contribution >= 4 is 23.1 Å². The Morgan fingerprint density at radius 2 is 2.07 bits per heavy atom. The first kappa shape index (κ1) is 10.9. The van der Waals surface area contributed by atoms with E-state index in [2.05, 4.69) is 0 Å². The quantitative estimate of drug-likeness (QED) is 0.566. The Hall–Kier alpha value is -1.16. The molecule has 0 fully saturated rings. The first-order chi connectivity index (χ1) is 6.59. The molecule has 0 aliphatic heterocycles. The molecule has 0 spiro atoms. The Balaban J connectivity index is 2.44. The molecular weight excluding hydrogens is 200 g/mol. The third-order valence-corrected chi connectivity index (χ3v) is 2.91. The lowest BCUT2D eigenvalue weighted by atomic mass is 10.3. The smallest absolute Gasteiger partial charge is 0.302 e. The van der Waals surface area contributed by atoms with Crippen LogP contribution in [0.4, 0.5) is 0 Å². The van der Waals surface area contributed by atoms with Crippen LogP contribution < -0.4 is 0 Å². The Morgan fingerprint density at radius 1 is 1.36 bits per heavy atom. The second-order valence-electron chi connectivity index (χ2n) is 2.91. The van der Waals surface area contributed by atoms with Gasteiger partial charge < -0.3 is 4.74 Å². The molecule has 0 saturated heterocycles. The van der Waals surface area contributed by atoms with Crippen molar-refractivity contribution in [2.45, 2.75) is 20.3 Å². The summed E-state index contributed by atoms with van der Waals surface area (Å²) in [4.78, 5) is 23.3. The van der Waals surface area contributed by atoms with Crippen LogP contribution in [0.15, 0.2) is 12.1 Å². The number of hydrogen-bond donors (Lipinski definition) is 0. The van der Waals surface area contributed by atoms with E-state index in [0.717, 1.165) is 9.75 Å². The number of hydrogen-bond acceptors (Lipinski definition) is 4. The molecule has 1 aromatic heterocycles. The van der Waals surface area contributed by atoms with Gasteiger partial charge in [0.25, 0.3) is 0 Å². The molecule has 1 rings (SSSR count). The van der Waals surface area contributed by atoms with Crippen LogP contribution in [-0.2, 0) is 16.0 Å². The van der Waals surface area contributed by atoms with Gasteiger partial charge in [-0.2, -0.15) is 0 Å². The molecule has 1 aromatic rings. The zero-order valence-electron chi connectivity index (χ0n) is 8.20. The van der Waals surface area contributed by atoms with E-state index in [1.807, 2.05) is 6.07 Å². The minimum absolute atomic E-state index is 0.0775. The van der Waals surface area contributed by atoms with Crippen LogP contribution in [-0.4, -0.2) is 18.4 Å². The number of thiophene rings is 1. The summed E-state index contributed by atoms with van der Waals surface area (Å²) in [6.07, 6.45) is 0.678. The molecule has 0 N–H and O–H groups in total. The fourth-order valence-electron chi connectivity index (χ4n) is 0.997. The number of ether oxygens (including phenoxy) is 1. The van der Waals surface area contributed by atoms with Crippen molar-refractivity contribution in [2.24, 2.45) is 0 Å². The third-order valence-electron chi connectivity index (χ3n) is 1.66. The molecule has 1 heterocycles. The molecule has 0 bridgehead atoms. The SMILES string of the molecule is CC(=O)OCCc1ccc(C(C)=O)s1. The first-order valence-electron chi connectivity index (χ1n) is 4.32. The van der Waals surface area contributed by atoms with E-state index in [0.29, 0.717) is 13.0 Å². The van der Waals surface area contributed by atoms with Crippen LogP contribution in [0.1, 0.15) is 28.4 Å². The summed E-state index contributed by atoms with van der Waals surface area (Å²) in [6, 6.07) is 3.70. The molecule has 0 radical (unpaired) electrons. The van der Waals surface area contributed by atoms with Crippen LogP contribution in [0.5, 0.6) is 0 Å². The van der Waals surface area contributed by atoms with E-state index in [1.54, 1.807) is 13.0 Å². The largest absolute Gasteiger partial charge is 0.465 e. The highest BCUT2D eigenvalue weighted by Gasteiger charge is 2.04. The van der Waals surface area contributed by atoms with Gasteiger partial charge in [0.2, 0.25) is 0 Å². The maximum atomic E-state index is 11.0. The molecule has 3 nitrogen and oxygen atoms in total. The highest BCUT2D eigenvalue weighted by molar-refractivity contribution is 7.14. The van der Waals surface area contributed by atoms with E-state index >= 15 is 0 Å². The van der Waals surface area contributed by atoms with Gasteiger partial charge in [-0.25, -0.2) is 0 Å². The van der Waals surface area contributed by atoms with Crippen molar-refractivity contribution < 1.29 is 14.3 Å². The van der Waals surface area contributed by atoms with E-state index in [-0.39, 0.29) is 11.8 Å². The second-order valence-corrected chi connectivity index (χ2v) is 4.08. The zero-order valence-corrected chi connectivity index (χ0v) is 9.02. The van der Waals surface area contributed by atoms with Gasteiger partial charge in [0.05, 0.1) is 11.5 Å². The van der Waals surface area contributed by atoms with E-state index in [1.165, 1.54) is 18.3 Å². The van der Waals surface area contributed by atoms with E-state index < -0.39 is 0 Å². The summed E-state index contributed by atoms with van der Waals surface area (Å²) in [5, 5.41) is 0. The van der Waals surface area contributed by atoms with Gasteiger partial charge in [-0.3, -0.25) is 9.59 Å². The summed E-state index contributed by atoms with van der Waals surface area (Å²) < 4.78 is 4.80. The number of esters is 1. The molecule has 0 unspecified atom stereocenters. The summed E-state index contributed by atoms with van der Waals surface area (Å²) in [7, 11) is 0. The summed E-state index contributed by atoms with van der Waals surface area (Å²) in [6.45, 7) is 3.31. The summed E-state index contributed by atoms with van der Waals surface area (Å²) in [5.41, 5.74) is 0. The fourth-order valence-corrected chi connectivity index (χ4v) is 1.88. The van der Waals surface area contributed by atoms with Crippen LogP contribution in [0.25, 0.3) is 0 Å². The van der Waals surface area contributed by atoms with Crippen molar-refractivity contribution in [3.05, 3.63) is 21.9 Å². The first-order valence-corrected chi connectivity index (χ1v) is 5.14. The molecule has 0 amide bonds. The standard InChI is InChI=1S/C10H12O3S/c1-7(11)10-4-3-9(14-10)5-6-13-8(2)12/h3-4H,5-6H2,1-2H3. The van der Waals surface area contributed by atoms with Gasteiger partial charge in [-0.05, 0) is 19.1 Å². The summed E-state index contributed by atoms with van der Waals surface area (Å²) >= 11 is 1.45. The van der Waals surface area contributed by atoms with Gasteiger partial charge >= 0.3 is 5.97 Å².